The SMILES string of the molecule is CCN(Cc1cccnc1C#N)c1ccc(N)cc1. The van der Waals surface area contributed by atoms with E-state index in [1.807, 2.05) is 36.4 Å². The van der Waals surface area contributed by atoms with Crippen molar-refractivity contribution in [1.82, 2.24) is 4.98 Å². The fraction of sp³-hybridized carbons (Fsp3) is 0.200. The van der Waals surface area contributed by atoms with Gasteiger partial charge in [-0.1, -0.05) is 6.07 Å². The minimum absolute atomic E-state index is 0.483. The molecule has 0 amide bonds. The van der Waals surface area contributed by atoms with E-state index in [4.69, 9.17) is 11.0 Å². The van der Waals surface area contributed by atoms with Crippen molar-refractivity contribution in [3.05, 3.63) is 53.9 Å². The second-order valence-electron chi connectivity index (χ2n) is 4.23. The molecule has 0 aliphatic rings. The van der Waals surface area contributed by atoms with Crippen molar-refractivity contribution in [2.45, 2.75) is 13.5 Å². The smallest absolute Gasteiger partial charge is 0.145 e. The van der Waals surface area contributed by atoms with Gasteiger partial charge in [-0.25, -0.2) is 4.98 Å². The number of benzene rings is 1. The van der Waals surface area contributed by atoms with Gasteiger partial charge in [0.05, 0.1) is 0 Å². The summed E-state index contributed by atoms with van der Waals surface area (Å²) in [6.45, 7) is 3.60. The molecule has 0 unspecified atom stereocenters. The Morgan fingerprint density at radius 3 is 2.63 bits per heavy atom. The Morgan fingerprint density at radius 1 is 1.26 bits per heavy atom. The number of nitrogens with two attached hydrogens (primary N) is 1. The van der Waals surface area contributed by atoms with Crippen LogP contribution in [-0.2, 0) is 6.54 Å². The van der Waals surface area contributed by atoms with Crippen LogP contribution >= 0.6 is 0 Å². The Balaban J connectivity index is 2.24. The van der Waals surface area contributed by atoms with Crippen molar-refractivity contribution in [2.24, 2.45) is 0 Å². The van der Waals surface area contributed by atoms with Crippen LogP contribution < -0.4 is 10.6 Å². The largest absolute Gasteiger partial charge is 0.399 e. The molecule has 1 aromatic carbocycles. The fourth-order valence-corrected chi connectivity index (χ4v) is 1.94. The summed E-state index contributed by atoms with van der Waals surface area (Å²) in [5.74, 6) is 0. The zero-order valence-electron chi connectivity index (χ0n) is 10.9. The summed E-state index contributed by atoms with van der Waals surface area (Å²) in [6, 6.07) is 13.7. The third kappa shape index (κ3) is 3.02. The molecule has 0 spiro atoms. The normalized spacial score (nSPS) is 9.89. The number of anilines is 2. The highest BCUT2D eigenvalue weighted by Gasteiger charge is 2.09. The van der Waals surface area contributed by atoms with Crippen molar-refractivity contribution < 1.29 is 0 Å². The molecule has 0 fully saturated rings. The first-order chi connectivity index (χ1) is 9.24. The summed E-state index contributed by atoms with van der Waals surface area (Å²) < 4.78 is 0. The van der Waals surface area contributed by atoms with E-state index in [1.54, 1.807) is 6.20 Å². The molecular weight excluding hydrogens is 236 g/mol. The highest BCUT2D eigenvalue weighted by molar-refractivity contribution is 5.53. The number of hydrogen-bond donors (Lipinski definition) is 1. The third-order valence-electron chi connectivity index (χ3n) is 3.00. The number of rotatable bonds is 4. The first-order valence-electron chi connectivity index (χ1n) is 6.19. The maximum absolute atomic E-state index is 9.06. The van der Waals surface area contributed by atoms with Gasteiger partial charge < -0.3 is 10.6 Å². The van der Waals surface area contributed by atoms with Gasteiger partial charge in [0.2, 0.25) is 0 Å². The zero-order chi connectivity index (χ0) is 13.7. The van der Waals surface area contributed by atoms with Gasteiger partial charge in [-0.3, -0.25) is 0 Å². The monoisotopic (exact) mass is 252 g/mol. The average Bonchev–Trinajstić information content (AvgIpc) is 2.46. The number of nitriles is 1. The van der Waals surface area contributed by atoms with Crippen molar-refractivity contribution in [2.75, 3.05) is 17.2 Å². The molecule has 19 heavy (non-hydrogen) atoms. The lowest BCUT2D eigenvalue weighted by Gasteiger charge is -2.23. The van der Waals surface area contributed by atoms with Crippen LogP contribution in [0.3, 0.4) is 0 Å². The summed E-state index contributed by atoms with van der Waals surface area (Å²) in [6.07, 6.45) is 1.64. The maximum Gasteiger partial charge on any atom is 0.145 e. The highest BCUT2D eigenvalue weighted by Crippen LogP contribution is 2.19. The third-order valence-corrected chi connectivity index (χ3v) is 3.00. The lowest BCUT2D eigenvalue weighted by Crippen LogP contribution is -2.22. The minimum atomic E-state index is 0.483. The van der Waals surface area contributed by atoms with E-state index in [-0.39, 0.29) is 0 Å². The standard InChI is InChI=1S/C15H16N4/c1-2-19(14-7-5-13(17)6-8-14)11-12-4-3-9-18-15(12)10-16/h3-9H,2,11,17H2,1H3. The van der Waals surface area contributed by atoms with Gasteiger partial charge in [-0.2, -0.15) is 5.26 Å². The van der Waals surface area contributed by atoms with E-state index in [1.165, 1.54) is 0 Å². The van der Waals surface area contributed by atoms with E-state index in [0.29, 0.717) is 12.2 Å². The average molecular weight is 252 g/mol. The Morgan fingerprint density at radius 2 is 2.00 bits per heavy atom. The van der Waals surface area contributed by atoms with Crippen LogP contribution in [0.2, 0.25) is 0 Å². The summed E-state index contributed by atoms with van der Waals surface area (Å²) in [4.78, 5) is 6.26. The molecule has 0 bridgehead atoms. The van der Waals surface area contributed by atoms with Gasteiger partial charge in [-0.05, 0) is 37.3 Å². The predicted molar refractivity (Wildman–Crippen MR) is 76.5 cm³/mol. The van der Waals surface area contributed by atoms with Crippen LogP contribution in [0.1, 0.15) is 18.2 Å². The summed E-state index contributed by atoms with van der Waals surface area (Å²) in [5, 5.41) is 9.06. The number of aromatic nitrogens is 1. The molecule has 0 saturated carbocycles. The summed E-state index contributed by atoms with van der Waals surface area (Å²) >= 11 is 0. The molecule has 1 heterocycles. The van der Waals surface area contributed by atoms with Crippen molar-refractivity contribution in [3.63, 3.8) is 0 Å². The Labute approximate surface area is 113 Å². The van der Waals surface area contributed by atoms with Crippen molar-refractivity contribution in [1.29, 1.82) is 5.26 Å². The van der Waals surface area contributed by atoms with E-state index < -0.39 is 0 Å². The van der Waals surface area contributed by atoms with Gasteiger partial charge in [0.25, 0.3) is 0 Å². The molecule has 0 aliphatic carbocycles. The second-order valence-corrected chi connectivity index (χ2v) is 4.23. The van der Waals surface area contributed by atoms with Crippen molar-refractivity contribution >= 4 is 11.4 Å². The Hall–Kier alpha value is -2.54. The van der Waals surface area contributed by atoms with Gasteiger partial charge in [0.15, 0.2) is 0 Å². The quantitative estimate of drug-likeness (QED) is 0.849. The fourth-order valence-electron chi connectivity index (χ4n) is 1.94. The number of nitrogen functional groups attached to an aromatic ring is 1. The van der Waals surface area contributed by atoms with E-state index in [2.05, 4.69) is 22.9 Å². The first-order valence-corrected chi connectivity index (χ1v) is 6.19. The molecule has 4 heteroatoms. The van der Waals surface area contributed by atoms with Gasteiger partial charge in [0, 0.05) is 36.2 Å². The zero-order valence-corrected chi connectivity index (χ0v) is 10.9. The lowest BCUT2D eigenvalue weighted by atomic mass is 10.1. The predicted octanol–water partition coefficient (Wildman–Crippen LogP) is 2.56. The number of nitrogens with zero attached hydrogens (tertiary/aromatic N) is 3. The molecule has 2 N–H and O–H groups in total. The first kappa shape index (κ1) is 12.9. The number of hydrogen-bond acceptors (Lipinski definition) is 4. The molecule has 2 aromatic rings. The summed E-state index contributed by atoms with van der Waals surface area (Å²) in [7, 11) is 0. The Kier molecular flexibility index (Phi) is 3.99. The molecule has 0 atom stereocenters. The van der Waals surface area contributed by atoms with Crippen LogP contribution in [-0.4, -0.2) is 11.5 Å². The van der Waals surface area contributed by atoms with Crippen molar-refractivity contribution in [3.8, 4) is 6.07 Å². The highest BCUT2D eigenvalue weighted by atomic mass is 15.1. The topological polar surface area (TPSA) is 65.9 Å². The Bertz CT molecular complexity index is 584. The van der Waals surface area contributed by atoms with Crippen LogP contribution in [0.25, 0.3) is 0 Å². The summed E-state index contributed by atoms with van der Waals surface area (Å²) in [5.41, 5.74) is 8.95. The van der Waals surface area contributed by atoms with Crippen LogP contribution in [0, 0.1) is 11.3 Å². The molecule has 0 aliphatic heterocycles. The molecule has 0 radical (unpaired) electrons. The van der Waals surface area contributed by atoms with Gasteiger partial charge in [-0.15, -0.1) is 0 Å². The van der Waals surface area contributed by atoms with E-state index >= 15 is 0 Å². The number of pyridine rings is 1. The van der Waals surface area contributed by atoms with E-state index in [0.717, 1.165) is 23.5 Å². The van der Waals surface area contributed by atoms with Gasteiger partial charge >= 0.3 is 0 Å². The molecular formula is C15H16N4. The lowest BCUT2D eigenvalue weighted by molar-refractivity contribution is 0.825. The van der Waals surface area contributed by atoms with Crippen LogP contribution in [0.15, 0.2) is 42.6 Å². The minimum Gasteiger partial charge on any atom is -0.399 e. The molecule has 1 aromatic heterocycles. The van der Waals surface area contributed by atoms with E-state index in [9.17, 15) is 0 Å². The van der Waals surface area contributed by atoms with Crippen LogP contribution in [0.4, 0.5) is 11.4 Å². The molecule has 0 saturated heterocycles. The maximum atomic E-state index is 9.06. The van der Waals surface area contributed by atoms with Crippen LogP contribution in [0.5, 0.6) is 0 Å². The molecule has 96 valence electrons. The second kappa shape index (κ2) is 5.87. The van der Waals surface area contributed by atoms with Gasteiger partial charge in [0.1, 0.15) is 11.8 Å². The molecule has 4 nitrogen and oxygen atoms in total. The molecule has 2 rings (SSSR count).